The summed E-state index contributed by atoms with van der Waals surface area (Å²) in [6.07, 6.45) is 3.81. The molecular formula is C17H25BrIN5O. The van der Waals surface area contributed by atoms with Crippen LogP contribution in [0.15, 0.2) is 40.1 Å². The Kier molecular flexibility index (Phi) is 9.26. The standard InChI is InChI=1S/C17H24BrN5O.HI/c1-5-24-16-8-13(6-7-20-16)10-21-17(19-2)23(4)12-15-9-14(18)11-22(15)3;/h6-9,11H,5,10,12H2,1-4H3,(H,19,21);1H. The van der Waals surface area contributed by atoms with E-state index in [2.05, 4.69) is 46.8 Å². The summed E-state index contributed by atoms with van der Waals surface area (Å²) in [4.78, 5) is 10.6. The zero-order valence-electron chi connectivity index (χ0n) is 15.0. The van der Waals surface area contributed by atoms with E-state index in [4.69, 9.17) is 4.74 Å². The number of nitrogens with one attached hydrogen (secondary N) is 1. The van der Waals surface area contributed by atoms with Gasteiger partial charge in [0.15, 0.2) is 5.96 Å². The fourth-order valence-electron chi connectivity index (χ4n) is 2.39. The molecule has 2 aromatic rings. The summed E-state index contributed by atoms with van der Waals surface area (Å²) in [6.45, 7) is 3.99. The Balaban J connectivity index is 0.00000312. The van der Waals surface area contributed by atoms with Crippen molar-refractivity contribution in [1.82, 2.24) is 19.8 Å². The number of hydrogen-bond acceptors (Lipinski definition) is 3. The van der Waals surface area contributed by atoms with Crippen molar-refractivity contribution < 1.29 is 4.74 Å². The number of aromatic nitrogens is 2. The molecule has 0 aromatic carbocycles. The summed E-state index contributed by atoms with van der Waals surface area (Å²) in [5.41, 5.74) is 2.31. The molecule has 2 aromatic heterocycles. The molecule has 0 aliphatic carbocycles. The van der Waals surface area contributed by atoms with E-state index in [9.17, 15) is 0 Å². The highest BCUT2D eigenvalue weighted by Gasteiger charge is 2.10. The Morgan fingerprint density at radius 3 is 2.80 bits per heavy atom. The fraction of sp³-hybridized carbons (Fsp3) is 0.412. The van der Waals surface area contributed by atoms with Crippen LogP contribution in [0.1, 0.15) is 18.2 Å². The van der Waals surface area contributed by atoms with Crippen LogP contribution in [-0.4, -0.2) is 41.1 Å². The van der Waals surface area contributed by atoms with Gasteiger partial charge in [0.25, 0.3) is 0 Å². The number of aliphatic imine (C=N–C) groups is 1. The second-order valence-corrected chi connectivity index (χ2v) is 6.37. The third kappa shape index (κ3) is 6.50. The molecule has 0 aliphatic rings. The lowest BCUT2D eigenvalue weighted by atomic mass is 10.2. The van der Waals surface area contributed by atoms with Gasteiger partial charge in [0.2, 0.25) is 5.88 Å². The summed E-state index contributed by atoms with van der Waals surface area (Å²) in [5.74, 6) is 1.48. The van der Waals surface area contributed by atoms with Crippen LogP contribution in [0.5, 0.6) is 5.88 Å². The number of rotatable bonds is 6. The first-order chi connectivity index (χ1) is 11.5. The van der Waals surface area contributed by atoms with Gasteiger partial charge in [0.1, 0.15) is 0 Å². The topological polar surface area (TPSA) is 54.7 Å². The van der Waals surface area contributed by atoms with Gasteiger partial charge in [0, 0.05) is 56.3 Å². The fourth-order valence-corrected chi connectivity index (χ4v) is 2.97. The monoisotopic (exact) mass is 521 g/mol. The molecule has 0 aliphatic heterocycles. The van der Waals surface area contributed by atoms with Crippen LogP contribution in [0.25, 0.3) is 0 Å². The van der Waals surface area contributed by atoms with E-state index >= 15 is 0 Å². The first kappa shape index (κ1) is 21.8. The number of hydrogen-bond donors (Lipinski definition) is 1. The van der Waals surface area contributed by atoms with Gasteiger partial charge in [-0.15, -0.1) is 24.0 Å². The number of aryl methyl sites for hydroxylation is 1. The van der Waals surface area contributed by atoms with Gasteiger partial charge in [-0.25, -0.2) is 4.98 Å². The van der Waals surface area contributed by atoms with Gasteiger partial charge in [-0.1, -0.05) is 0 Å². The van der Waals surface area contributed by atoms with Crippen LogP contribution < -0.4 is 10.1 Å². The second kappa shape index (κ2) is 10.6. The maximum Gasteiger partial charge on any atom is 0.213 e. The Labute approximate surface area is 174 Å². The summed E-state index contributed by atoms with van der Waals surface area (Å²) >= 11 is 3.50. The lowest BCUT2D eigenvalue weighted by Crippen LogP contribution is -2.38. The van der Waals surface area contributed by atoms with Crippen LogP contribution in [0.4, 0.5) is 0 Å². The molecule has 0 saturated heterocycles. The van der Waals surface area contributed by atoms with Crippen molar-refractivity contribution in [1.29, 1.82) is 0 Å². The SMILES string of the molecule is CCOc1cc(CNC(=NC)N(C)Cc2cc(Br)cn2C)ccn1.I. The minimum Gasteiger partial charge on any atom is -0.478 e. The predicted octanol–water partition coefficient (Wildman–Crippen LogP) is 3.41. The smallest absolute Gasteiger partial charge is 0.213 e. The van der Waals surface area contributed by atoms with Crippen molar-refractivity contribution in [2.75, 3.05) is 20.7 Å². The van der Waals surface area contributed by atoms with Crippen molar-refractivity contribution in [2.45, 2.75) is 20.0 Å². The summed E-state index contributed by atoms with van der Waals surface area (Å²) in [6, 6.07) is 6.02. The van der Waals surface area contributed by atoms with Crippen molar-refractivity contribution in [2.24, 2.45) is 12.0 Å². The number of guanidine groups is 1. The van der Waals surface area contributed by atoms with E-state index in [1.807, 2.05) is 39.3 Å². The highest BCUT2D eigenvalue weighted by molar-refractivity contribution is 14.0. The van der Waals surface area contributed by atoms with Crippen LogP contribution in [0.3, 0.4) is 0 Å². The van der Waals surface area contributed by atoms with Gasteiger partial charge in [-0.05, 0) is 40.5 Å². The summed E-state index contributed by atoms with van der Waals surface area (Å²) < 4.78 is 8.62. The number of ether oxygens (including phenoxy) is 1. The Hall–Kier alpha value is -1.29. The molecule has 1 N–H and O–H groups in total. The molecule has 0 unspecified atom stereocenters. The van der Waals surface area contributed by atoms with E-state index in [0.717, 1.165) is 22.5 Å². The zero-order valence-corrected chi connectivity index (χ0v) is 18.9. The first-order valence-electron chi connectivity index (χ1n) is 7.83. The zero-order chi connectivity index (χ0) is 17.5. The predicted molar refractivity (Wildman–Crippen MR) is 116 cm³/mol. The second-order valence-electron chi connectivity index (χ2n) is 5.45. The molecule has 0 saturated carbocycles. The summed E-state index contributed by atoms with van der Waals surface area (Å²) in [7, 11) is 5.85. The summed E-state index contributed by atoms with van der Waals surface area (Å²) in [5, 5.41) is 3.37. The van der Waals surface area contributed by atoms with Crippen LogP contribution in [0.2, 0.25) is 0 Å². The highest BCUT2D eigenvalue weighted by Crippen LogP contribution is 2.15. The first-order valence-corrected chi connectivity index (χ1v) is 8.63. The molecule has 2 rings (SSSR count). The average molecular weight is 522 g/mol. The van der Waals surface area contributed by atoms with Crippen molar-refractivity contribution in [3.8, 4) is 5.88 Å². The quantitative estimate of drug-likeness (QED) is 0.359. The van der Waals surface area contributed by atoms with E-state index in [1.54, 1.807) is 13.2 Å². The molecule has 2 heterocycles. The molecule has 0 radical (unpaired) electrons. The number of nitrogens with zero attached hydrogens (tertiary/aromatic N) is 4. The van der Waals surface area contributed by atoms with Gasteiger partial charge in [-0.2, -0.15) is 0 Å². The minimum absolute atomic E-state index is 0. The third-order valence-electron chi connectivity index (χ3n) is 3.59. The molecule has 25 heavy (non-hydrogen) atoms. The molecule has 0 fully saturated rings. The van der Waals surface area contributed by atoms with E-state index in [-0.39, 0.29) is 24.0 Å². The van der Waals surface area contributed by atoms with E-state index in [1.165, 1.54) is 5.69 Å². The Morgan fingerprint density at radius 1 is 1.44 bits per heavy atom. The van der Waals surface area contributed by atoms with Gasteiger partial charge in [0.05, 0.1) is 13.2 Å². The number of halogens is 2. The average Bonchev–Trinajstić information content (AvgIpc) is 2.86. The van der Waals surface area contributed by atoms with Gasteiger partial charge < -0.3 is 19.5 Å². The van der Waals surface area contributed by atoms with E-state index in [0.29, 0.717) is 19.0 Å². The van der Waals surface area contributed by atoms with Crippen LogP contribution >= 0.6 is 39.9 Å². The van der Waals surface area contributed by atoms with Crippen molar-refractivity contribution >= 4 is 45.9 Å². The van der Waals surface area contributed by atoms with E-state index < -0.39 is 0 Å². The Bertz CT molecular complexity index is 704. The molecular weight excluding hydrogens is 497 g/mol. The van der Waals surface area contributed by atoms with Crippen molar-refractivity contribution in [3.63, 3.8) is 0 Å². The lowest BCUT2D eigenvalue weighted by Gasteiger charge is -2.22. The third-order valence-corrected chi connectivity index (χ3v) is 4.02. The maximum atomic E-state index is 5.43. The Morgan fingerprint density at radius 2 is 2.20 bits per heavy atom. The van der Waals surface area contributed by atoms with Gasteiger partial charge in [-0.3, -0.25) is 4.99 Å². The lowest BCUT2D eigenvalue weighted by molar-refractivity contribution is 0.326. The molecule has 138 valence electrons. The highest BCUT2D eigenvalue weighted by atomic mass is 127. The van der Waals surface area contributed by atoms with Crippen molar-refractivity contribution in [3.05, 3.63) is 46.3 Å². The molecule has 8 heteroatoms. The van der Waals surface area contributed by atoms with Gasteiger partial charge >= 0.3 is 0 Å². The maximum absolute atomic E-state index is 5.43. The molecule has 0 amide bonds. The normalized spacial score (nSPS) is 11.0. The molecule has 0 bridgehead atoms. The van der Waals surface area contributed by atoms with Crippen LogP contribution in [0, 0.1) is 0 Å². The molecule has 0 spiro atoms. The number of pyridine rings is 1. The van der Waals surface area contributed by atoms with Crippen LogP contribution in [-0.2, 0) is 20.1 Å². The molecule has 0 atom stereocenters. The minimum atomic E-state index is 0. The molecule has 6 nitrogen and oxygen atoms in total. The largest absolute Gasteiger partial charge is 0.478 e.